The summed E-state index contributed by atoms with van der Waals surface area (Å²) in [7, 11) is 5.25. The zero-order chi connectivity index (χ0) is 24.4. The van der Waals surface area contributed by atoms with Crippen LogP contribution in [-0.4, -0.2) is 93.2 Å². The van der Waals surface area contributed by atoms with Crippen molar-refractivity contribution in [3.05, 3.63) is 42.5 Å². The largest absolute Gasteiger partial charge is 0.497 e. The molecule has 1 aliphatic heterocycles. The summed E-state index contributed by atoms with van der Waals surface area (Å²) in [5.74, 6) is 0.861. The van der Waals surface area contributed by atoms with Crippen molar-refractivity contribution < 1.29 is 30.0 Å². The van der Waals surface area contributed by atoms with E-state index in [1.54, 1.807) is 28.7 Å². The van der Waals surface area contributed by atoms with Crippen LogP contribution in [0.3, 0.4) is 0 Å². The van der Waals surface area contributed by atoms with E-state index in [9.17, 15) is 15.0 Å². The molecule has 0 spiro atoms. The highest BCUT2D eigenvalue weighted by Gasteiger charge is 2.46. The van der Waals surface area contributed by atoms with Gasteiger partial charge in [0.15, 0.2) is 23.2 Å². The summed E-state index contributed by atoms with van der Waals surface area (Å²) in [5, 5.41) is 23.6. The van der Waals surface area contributed by atoms with Gasteiger partial charge in [-0.05, 0) is 24.1 Å². The van der Waals surface area contributed by atoms with E-state index >= 15 is 0 Å². The van der Waals surface area contributed by atoms with E-state index in [-0.39, 0.29) is 5.48 Å². The monoisotopic (exact) mass is 489 g/mol. The second-order valence-electron chi connectivity index (χ2n) is 8.35. The van der Waals surface area contributed by atoms with Gasteiger partial charge in [0.25, 0.3) is 0 Å². The van der Waals surface area contributed by atoms with Crippen LogP contribution in [0.4, 0.5) is 5.82 Å². The number of amides is 1. The molecule has 3 heterocycles. The van der Waals surface area contributed by atoms with Crippen molar-refractivity contribution in [2.45, 2.75) is 36.9 Å². The number of aliphatic hydroxyl groups is 2. The number of fused-ring (bicyclic) bond motifs is 1. The summed E-state index contributed by atoms with van der Waals surface area (Å²) in [6.45, 7) is -0.406. The minimum Gasteiger partial charge on any atom is -0.497 e. The summed E-state index contributed by atoms with van der Waals surface area (Å²) in [4.78, 5) is 27.5. The van der Waals surface area contributed by atoms with Crippen molar-refractivity contribution in [1.29, 1.82) is 0 Å². The number of anilines is 1. The van der Waals surface area contributed by atoms with E-state index in [0.717, 1.165) is 5.56 Å². The van der Waals surface area contributed by atoms with Crippen LogP contribution in [0.1, 0.15) is 11.8 Å². The summed E-state index contributed by atoms with van der Waals surface area (Å²) in [6, 6.07) is 5.52. The number of hydrogen-bond donors (Lipinski definition) is 4. The van der Waals surface area contributed by atoms with Gasteiger partial charge in [-0.2, -0.15) is 0 Å². The van der Waals surface area contributed by atoms with Crippen molar-refractivity contribution in [1.82, 2.24) is 24.8 Å². The molecule has 0 saturated carbocycles. The lowest BCUT2D eigenvalue weighted by Gasteiger charge is -2.23. The van der Waals surface area contributed by atoms with Crippen molar-refractivity contribution in [2.24, 2.45) is 5.73 Å². The smallest absolute Gasteiger partial charge is 0.237 e. The number of carbonyl (C=O) groups excluding carboxylic acids is 1. The minimum absolute atomic E-state index is 0. The zero-order valence-electron chi connectivity index (χ0n) is 19.7. The molecule has 0 radical (unpaired) electrons. The molecule has 13 nitrogen and oxygen atoms in total. The van der Waals surface area contributed by atoms with Crippen molar-refractivity contribution in [3.63, 3.8) is 0 Å². The average Bonchev–Trinajstić information content (AvgIpc) is 3.40. The Morgan fingerprint density at radius 2 is 2.00 bits per heavy atom. The fourth-order valence-electron chi connectivity index (χ4n) is 4.04. The maximum atomic E-state index is 12.8. The number of methoxy groups -OCH3 is 1. The van der Waals surface area contributed by atoms with Crippen LogP contribution in [0.5, 0.6) is 5.75 Å². The molecular weight excluding hydrogens is 458 g/mol. The third-order valence-corrected chi connectivity index (χ3v) is 5.85. The van der Waals surface area contributed by atoms with Crippen LogP contribution in [-0.2, 0) is 16.0 Å². The highest BCUT2D eigenvalue weighted by Crippen LogP contribution is 2.32. The fourth-order valence-corrected chi connectivity index (χ4v) is 4.04. The van der Waals surface area contributed by atoms with E-state index in [1.165, 1.54) is 12.7 Å². The fraction of sp³-hybridized carbons (Fsp3) is 0.455. The van der Waals surface area contributed by atoms with Crippen LogP contribution in [0, 0.1) is 0 Å². The molecule has 13 heteroatoms. The SMILES string of the molecule is COc1ccc(C[C@H](N)C(=O)N[C@H]2[C@@H](O)[C@H](n3cnc4c(N(C)C)ncnc43)O[C@@H]2CO)cc1.O. The van der Waals surface area contributed by atoms with Crippen LogP contribution >= 0.6 is 0 Å². The highest BCUT2D eigenvalue weighted by atomic mass is 16.5. The van der Waals surface area contributed by atoms with E-state index < -0.39 is 43.0 Å². The van der Waals surface area contributed by atoms with Gasteiger partial charge < -0.3 is 41.1 Å². The Kier molecular flexibility index (Phi) is 8.19. The molecule has 0 bridgehead atoms. The lowest BCUT2D eigenvalue weighted by Crippen LogP contribution is -2.53. The summed E-state index contributed by atoms with van der Waals surface area (Å²) in [5.41, 5.74) is 7.98. The number of aromatic nitrogens is 4. The molecule has 1 amide bonds. The van der Waals surface area contributed by atoms with Gasteiger partial charge >= 0.3 is 0 Å². The molecule has 190 valence electrons. The molecule has 1 aliphatic rings. The molecule has 5 atom stereocenters. The first-order valence-electron chi connectivity index (χ1n) is 10.8. The highest BCUT2D eigenvalue weighted by molar-refractivity contribution is 5.83. The number of nitrogens with zero attached hydrogens (tertiary/aromatic N) is 5. The Hall–Kier alpha value is -3.36. The molecule has 2 aromatic heterocycles. The summed E-state index contributed by atoms with van der Waals surface area (Å²) >= 11 is 0. The Morgan fingerprint density at radius 1 is 1.29 bits per heavy atom. The minimum atomic E-state index is -1.18. The Morgan fingerprint density at radius 3 is 2.63 bits per heavy atom. The number of benzene rings is 1. The molecule has 4 rings (SSSR count). The lowest BCUT2D eigenvalue weighted by atomic mass is 10.0. The second kappa shape index (κ2) is 10.9. The van der Waals surface area contributed by atoms with Gasteiger partial charge in [0.05, 0.1) is 32.1 Å². The Labute approximate surface area is 201 Å². The Balaban J connectivity index is 0.00000342. The van der Waals surface area contributed by atoms with Crippen molar-refractivity contribution >= 4 is 22.9 Å². The first-order valence-corrected chi connectivity index (χ1v) is 10.8. The van der Waals surface area contributed by atoms with Crippen molar-refractivity contribution in [2.75, 3.05) is 32.7 Å². The molecule has 0 unspecified atom stereocenters. The zero-order valence-corrected chi connectivity index (χ0v) is 19.7. The maximum absolute atomic E-state index is 12.8. The molecule has 0 aliphatic carbocycles. The third-order valence-electron chi connectivity index (χ3n) is 5.85. The van der Waals surface area contributed by atoms with Crippen molar-refractivity contribution in [3.8, 4) is 5.75 Å². The number of imidazole rings is 1. The average molecular weight is 490 g/mol. The van der Waals surface area contributed by atoms with E-state index in [2.05, 4.69) is 20.3 Å². The van der Waals surface area contributed by atoms with Crippen LogP contribution in [0.2, 0.25) is 0 Å². The number of hydrogen-bond acceptors (Lipinski definition) is 10. The maximum Gasteiger partial charge on any atom is 0.237 e. The number of aliphatic hydroxyl groups excluding tert-OH is 2. The number of rotatable bonds is 8. The predicted molar refractivity (Wildman–Crippen MR) is 127 cm³/mol. The molecular formula is C22H31N7O6. The van der Waals surface area contributed by atoms with Gasteiger partial charge in [0.2, 0.25) is 5.91 Å². The molecule has 7 N–H and O–H groups in total. The Bertz CT molecular complexity index is 1140. The topological polar surface area (TPSA) is 192 Å². The van der Waals surface area contributed by atoms with Gasteiger partial charge in [0.1, 0.15) is 24.3 Å². The second-order valence-corrected chi connectivity index (χ2v) is 8.35. The van der Waals surface area contributed by atoms with Gasteiger partial charge in [-0.15, -0.1) is 0 Å². The molecule has 1 saturated heterocycles. The van der Waals surface area contributed by atoms with Crippen LogP contribution in [0.15, 0.2) is 36.9 Å². The van der Waals surface area contributed by atoms with Gasteiger partial charge in [-0.3, -0.25) is 9.36 Å². The summed E-state index contributed by atoms with van der Waals surface area (Å²) < 4.78 is 12.6. The normalized spacial score (nSPS) is 22.5. The number of carbonyl (C=O) groups is 1. The van der Waals surface area contributed by atoms with E-state index in [4.69, 9.17) is 15.2 Å². The van der Waals surface area contributed by atoms with Crippen LogP contribution in [0.25, 0.3) is 11.2 Å². The predicted octanol–water partition coefficient (Wildman–Crippen LogP) is -1.62. The number of nitrogens with two attached hydrogens (primary N) is 1. The molecule has 35 heavy (non-hydrogen) atoms. The molecule has 1 fully saturated rings. The summed E-state index contributed by atoms with van der Waals surface area (Å²) in [6.07, 6.45) is 0.250. The lowest BCUT2D eigenvalue weighted by molar-refractivity contribution is -0.124. The number of ether oxygens (including phenoxy) is 2. The molecule has 1 aromatic carbocycles. The third kappa shape index (κ3) is 5.18. The molecule has 3 aromatic rings. The quantitative estimate of drug-likeness (QED) is 0.286. The van der Waals surface area contributed by atoms with Gasteiger partial charge in [-0.1, -0.05) is 12.1 Å². The first-order chi connectivity index (χ1) is 16.3. The van der Waals surface area contributed by atoms with Gasteiger partial charge in [-0.25, -0.2) is 15.0 Å². The van der Waals surface area contributed by atoms with Crippen LogP contribution < -0.4 is 20.7 Å². The standard InChI is InChI=1S/C22H29N7O5.H2O/c1-28(2)19-17-20(25-10-24-19)29(11-26-17)22-18(31)16(15(9-30)34-22)27-21(32)14(23)8-12-4-6-13(33-3)7-5-12;/h4-7,10-11,14-16,18,22,30-31H,8-9,23H2,1-3H3,(H,27,32);1H2/t14-,15+,16+,18+,22+;/m0./s1. The first kappa shape index (κ1) is 26.2. The van der Waals surface area contributed by atoms with E-state index in [1.807, 2.05) is 26.2 Å². The number of nitrogens with one attached hydrogen (secondary N) is 1. The van der Waals surface area contributed by atoms with E-state index in [0.29, 0.717) is 29.2 Å². The van der Waals surface area contributed by atoms with Gasteiger partial charge in [0, 0.05) is 14.1 Å².